The van der Waals surface area contributed by atoms with Crippen molar-refractivity contribution in [1.29, 1.82) is 0 Å². The fraction of sp³-hybridized carbons (Fsp3) is 0.364. The number of halogens is 1. The molecule has 0 aliphatic carbocycles. The van der Waals surface area contributed by atoms with Gasteiger partial charge in [-0.05, 0) is 35.0 Å². The van der Waals surface area contributed by atoms with Crippen LogP contribution in [0.5, 0.6) is 0 Å². The average molecular weight is 313 g/mol. The van der Waals surface area contributed by atoms with Crippen molar-refractivity contribution in [2.24, 2.45) is 0 Å². The fourth-order valence-electron chi connectivity index (χ4n) is 1.46. The Balaban J connectivity index is 1.96. The molecule has 2 rings (SSSR count). The van der Waals surface area contributed by atoms with Crippen molar-refractivity contribution in [3.05, 3.63) is 22.8 Å². The van der Waals surface area contributed by atoms with Gasteiger partial charge in [-0.1, -0.05) is 0 Å². The molecule has 1 N–H and O–H groups in total. The lowest BCUT2D eigenvalue weighted by Crippen LogP contribution is -2.11. The summed E-state index contributed by atoms with van der Waals surface area (Å²) in [6.07, 6.45) is 2.11. The van der Waals surface area contributed by atoms with E-state index in [4.69, 9.17) is 4.74 Å². The summed E-state index contributed by atoms with van der Waals surface area (Å²) in [5.41, 5.74) is 0.733. The minimum atomic E-state index is -0.227. The van der Waals surface area contributed by atoms with Crippen LogP contribution in [0.25, 0.3) is 5.65 Å². The Kier molecular flexibility index (Phi) is 4.14. The second-order valence-electron chi connectivity index (χ2n) is 3.54. The molecule has 7 heteroatoms. The van der Waals surface area contributed by atoms with Gasteiger partial charge >= 0.3 is 5.97 Å². The number of nitrogens with one attached hydrogen (secondary N) is 1. The largest absolute Gasteiger partial charge is 0.466 e. The molecule has 0 bridgehead atoms. The highest BCUT2D eigenvalue weighted by atomic mass is 79.9. The summed E-state index contributed by atoms with van der Waals surface area (Å²) in [6.45, 7) is 2.64. The average Bonchev–Trinajstić information content (AvgIpc) is 2.74. The molecule has 0 saturated heterocycles. The van der Waals surface area contributed by atoms with Gasteiger partial charge in [0.1, 0.15) is 0 Å². The molecule has 18 heavy (non-hydrogen) atoms. The maximum Gasteiger partial charge on any atom is 0.307 e. The van der Waals surface area contributed by atoms with Crippen molar-refractivity contribution in [3.63, 3.8) is 0 Å². The maximum absolute atomic E-state index is 11.1. The Bertz CT molecular complexity index is 555. The minimum absolute atomic E-state index is 0.227. The predicted octanol–water partition coefficient (Wildman–Crippen LogP) is 1.86. The third kappa shape index (κ3) is 2.98. The van der Waals surface area contributed by atoms with E-state index in [1.165, 1.54) is 0 Å². The number of anilines is 1. The summed E-state index contributed by atoms with van der Waals surface area (Å²) < 4.78 is 7.36. The number of hydrogen-bond acceptors (Lipinski definition) is 5. The van der Waals surface area contributed by atoms with Crippen LogP contribution in [0.1, 0.15) is 13.3 Å². The van der Waals surface area contributed by atoms with E-state index in [-0.39, 0.29) is 5.97 Å². The molecular weight excluding hydrogens is 300 g/mol. The van der Waals surface area contributed by atoms with Gasteiger partial charge in [-0.2, -0.15) is 4.98 Å². The van der Waals surface area contributed by atoms with E-state index >= 15 is 0 Å². The Morgan fingerprint density at radius 1 is 1.61 bits per heavy atom. The van der Waals surface area contributed by atoms with Crippen molar-refractivity contribution in [2.45, 2.75) is 13.3 Å². The zero-order valence-corrected chi connectivity index (χ0v) is 11.5. The minimum Gasteiger partial charge on any atom is -0.466 e. The van der Waals surface area contributed by atoms with Crippen LogP contribution in [0.15, 0.2) is 22.8 Å². The summed E-state index contributed by atoms with van der Waals surface area (Å²) in [5, 5.41) is 7.21. The lowest BCUT2D eigenvalue weighted by Gasteiger charge is -2.01. The molecule has 0 radical (unpaired) electrons. The van der Waals surface area contributed by atoms with E-state index < -0.39 is 0 Å². The number of aromatic nitrogens is 3. The zero-order valence-electron chi connectivity index (χ0n) is 9.89. The Labute approximate surface area is 112 Å². The highest BCUT2D eigenvalue weighted by molar-refractivity contribution is 9.10. The summed E-state index contributed by atoms with van der Waals surface area (Å²) in [5.74, 6) is 0.265. The van der Waals surface area contributed by atoms with E-state index in [0.29, 0.717) is 25.5 Å². The molecule has 0 unspecified atom stereocenters. The van der Waals surface area contributed by atoms with Crippen LogP contribution in [0.3, 0.4) is 0 Å². The number of carbonyl (C=O) groups excluding carboxylic acids is 1. The number of ether oxygens (including phenoxy) is 1. The van der Waals surface area contributed by atoms with Crippen molar-refractivity contribution >= 4 is 33.5 Å². The summed E-state index contributed by atoms with van der Waals surface area (Å²) >= 11 is 3.40. The molecule has 2 heterocycles. The van der Waals surface area contributed by atoms with Gasteiger partial charge in [0.05, 0.1) is 17.5 Å². The second kappa shape index (κ2) is 5.81. The van der Waals surface area contributed by atoms with Gasteiger partial charge in [-0.25, -0.2) is 4.52 Å². The van der Waals surface area contributed by atoms with Crippen LogP contribution in [-0.4, -0.2) is 33.7 Å². The molecule has 2 aromatic rings. The van der Waals surface area contributed by atoms with Gasteiger partial charge in [0.2, 0.25) is 5.95 Å². The van der Waals surface area contributed by atoms with Crippen molar-refractivity contribution in [3.8, 4) is 0 Å². The third-order valence-corrected chi connectivity index (χ3v) is 2.85. The Hall–Kier alpha value is -1.63. The number of pyridine rings is 1. The monoisotopic (exact) mass is 312 g/mol. The predicted molar refractivity (Wildman–Crippen MR) is 70.4 cm³/mol. The van der Waals surface area contributed by atoms with Crippen molar-refractivity contribution in [1.82, 2.24) is 14.6 Å². The quantitative estimate of drug-likeness (QED) is 0.853. The van der Waals surface area contributed by atoms with E-state index in [9.17, 15) is 4.79 Å². The molecule has 0 fully saturated rings. The highest BCUT2D eigenvalue weighted by Crippen LogP contribution is 2.16. The number of carbonyl (C=O) groups is 1. The first-order valence-electron chi connectivity index (χ1n) is 5.61. The van der Waals surface area contributed by atoms with Crippen LogP contribution in [0.4, 0.5) is 5.95 Å². The molecule has 0 aromatic carbocycles. The lowest BCUT2D eigenvalue weighted by atomic mass is 10.4. The van der Waals surface area contributed by atoms with Crippen LogP contribution in [0.2, 0.25) is 0 Å². The Morgan fingerprint density at radius 3 is 3.17 bits per heavy atom. The first kappa shape index (κ1) is 12.8. The van der Waals surface area contributed by atoms with Gasteiger partial charge in [-0.3, -0.25) is 4.79 Å². The standard InChI is InChI=1S/C11H13BrN4O2/c1-2-18-9(17)5-6-13-11-14-10-8(12)4-3-7-16(10)15-11/h3-4,7H,2,5-6H2,1H3,(H,13,15). The lowest BCUT2D eigenvalue weighted by molar-refractivity contribution is -0.142. The van der Waals surface area contributed by atoms with E-state index in [1.54, 1.807) is 11.4 Å². The topological polar surface area (TPSA) is 68.5 Å². The smallest absolute Gasteiger partial charge is 0.307 e. The molecule has 0 amide bonds. The van der Waals surface area contributed by atoms with Crippen molar-refractivity contribution in [2.75, 3.05) is 18.5 Å². The molecule has 96 valence electrons. The maximum atomic E-state index is 11.1. The van der Waals surface area contributed by atoms with Crippen molar-refractivity contribution < 1.29 is 9.53 Å². The summed E-state index contributed by atoms with van der Waals surface area (Å²) in [4.78, 5) is 15.4. The van der Waals surface area contributed by atoms with E-state index in [1.807, 2.05) is 18.3 Å². The molecule has 6 nitrogen and oxygen atoms in total. The molecule has 0 aliphatic heterocycles. The van der Waals surface area contributed by atoms with Gasteiger partial charge in [-0.15, -0.1) is 5.10 Å². The summed E-state index contributed by atoms with van der Waals surface area (Å²) in [7, 11) is 0. The van der Waals surface area contributed by atoms with Crippen LogP contribution in [0, 0.1) is 0 Å². The molecule has 0 atom stereocenters. The molecule has 0 spiro atoms. The fourth-order valence-corrected chi connectivity index (χ4v) is 1.88. The van der Waals surface area contributed by atoms with Gasteiger partial charge in [0.25, 0.3) is 0 Å². The summed E-state index contributed by atoms with van der Waals surface area (Å²) in [6, 6.07) is 3.76. The SMILES string of the molecule is CCOC(=O)CCNc1nc2c(Br)cccn2n1. The van der Waals surface area contributed by atoms with E-state index in [2.05, 4.69) is 31.3 Å². The van der Waals surface area contributed by atoms with Crippen LogP contribution < -0.4 is 5.32 Å². The number of nitrogens with zero attached hydrogens (tertiary/aromatic N) is 3. The number of rotatable bonds is 5. The van der Waals surface area contributed by atoms with Gasteiger partial charge < -0.3 is 10.1 Å². The first-order chi connectivity index (χ1) is 8.70. The second-order valence-corrected chi connectivity index (χ2v) is 4.40. The molecule has 2 aromatic heterocycles. The molecule has 0 saturated carbocycles. The van der Waals surface area contributed by atoms with Gasteiger partial charge in [0.15, 0.2) is 5.65 Å². The third-order valence-electron chi connectivity index (χ3n) is 2.23. The van der Waals surface area contributed by atoms with Crippen LogP contribution in [-0.2, 0) is 9.53 Å². The molecule has 0 aliphatic rings. The Morgan fingerprint density at radius 2 is 2.44 bits per heavy atom. The molecular formula is C11H13BrN4O2. The number of esters is 1. The first-order valence-corrected chi connectivity index (χ1v) is 6.40. The normalized spacial score (nSPS) is 10.6. The van der Waals surface area contributed by atoms with E-state index in [0.717, 1.165) is 10.1 Å². The zero-order chi connectivity index (χ0) is 13.0. The van der Waals surface area contributed by atoms with Crippen LogP contribution >= 0.6 is 15.9 Å². The van der Waals surface area contributed by atoms with Gasteiger partial charge in [0, 0.05) is 12.7 Å². The number of fused-ring (bicyclic) bond motifs is 1. The number of hydrogen-bond donors (Lipinski definition) is 1. The highest BCUT2D eigenvalue weighted by Gasteiger charge is 2.06.